The monoisotopic (exact) mass is 253 g/mol. The molecule has 0 aliphatic heterocycles. The van der Waals surface area contributed by atoms with E-state index in [1.165, 1.54) is 35.7 Å². The van der Waals surface area contributed by atoms with Gasteiger partial charge in [0.2, 0.25) is 0 Å². The molecular formula is C12H16BrN. The van der Waals surface area contributed by atoms with Gasteiger partial charge in [-0.15, -0.1) is 0 Å². The zero-order valence-corrected chi connectivity index (χ0v) is 9.89. The van der Waals surface area contributed by atoms with Gasteiger partial charge in [0.05, 0.1) is 0 Å². The third kappa shape index (κ3) is 3.10. The summed E-state index contributed by atoms with van der Waals surface area (Å²) >= 11 is 3.57. The average Bonchev–Trinajstić information content (AvgIpc) is 2.99. The Kier molecular flexibility index (Phi) is 3.60. The van der Waals surface area contributed by atoms with Gasteiger partial charge in [-0.3, -0.25) is 0 Å². The van der Waals surface area contributed by atoms with E-state index < -0.39 is 0 Å². The van der Waals surface area contributed by atoms with Crippen LogP contribution in [0.4, 0.5) is 0 Å². The van der Waals surface area contributed by atoms with Gasteiger partial charge in [0, 0.05) is 10.5 Å². The first-order chi connectivity index (χ1) is 6.86. The number of benzene rings is 1. The van der Waals surface area contributed by atoms with Crippen LogP contribution in [0.15, 0.2) is 28.7 Å². The van der Waals surface area contributed by atoms with Gasteiger partial charge in [0.1, 0.15) is 0 Å². The number of halogens is 1. The predicted molar refractivity (Wildman–Crippen MR) is 63.5 cm³/mol. The molecule has 1 aliphatic carbocycles. The average molecular weight is 254 g/mol. The molecule has 0 heterocycles. The standard InChI is InChI=1S/C12H16BrN/c13-12-6-2-1-4-10(12)5-3-9-14-11-7-8-11/h1-2,4,6,11,14H,3,5,7-9H2. The summed E-state index contributed by atoms with van der Waals surface area (Å²) in [6, 6.07) is 9.32. The Morgan fingerprint density at radius 3 is 2.79 bits per heavy atom. The molecule has 0 unspecified atom stereocenters. The molecule has 0 aromatic heterocycles. The molecule has 1 aliphatic rings. The predicted octanol–water partition coefficient (Wildman–Crippen LogP) is 3.13. The first-order valence-corrected chi connectivity index (χ1v) is 6.12. The fourth-order valence-corrected chi connectivity index (χ4v) is 2.06. The Morgan fingerprint density at radius 2 is 2.07 bits per heavy atom. The summed E-state index contributed by atoms with van der Waals surface area (Å²) < 4.78 is 1.24. The van der Waals surface area contributed by atoms with Crippen LogP contribution >= 0.6 is 15.9 Å². The van der Waals surface area contributed by atoms with E-state index in [0.717, 1.165) is 12.6 Å². The van der Waals surface area contributed by atoms with E-state index in [-0.39, 0.29) is 0 Å². The minimum absolute atomic E-state index is 0.842. The Morgan fingerprint density at radius 1 is 1.29 bits per heavy atom. The van der Waals surface area contributed by atoms with Gasteiger partial charge in [-0.2, -0.15) is 0 Å². The van der Waals surface area contributed by atoms with E-state index in [1.54, 1.807) is 0 Å². The molecule has 14 heavy (non-hydrogen) atoms. The topological polar surface area (TPSA) is 12.0 Å². The molecule has 1 aromatic carbocycles. The fraction of sp³-hybridized carbons (Fsp3) is 0.500. The second-order valence-electron chi connectivity index (χ2n) is 3.92. The van der Waals surface area contributed by atoms with E-state index in [2.05, 4.69) is 45.5 Å². The summed E-state index contributed by atoms with van der Waals surface area (Å²) in [6.07, 6.45) is 5.17. The molecular weight excluding hydrogens is 238 g/mol. The van der Waals surface area contributed by atoms with E-state index in [9.17, 15) is 0 Å². The lowest BCUT2D eigenvalue weighted by Crippen LogP contribution is -2.17. The highest BCUT2D eigenvalue weighted by molar-refractivity contribution is 9.10. The summed E-state index contributed by atoms with van der Waals surface area (Å²) in [6.45, 7) is 1.16. The smallest absolute Gasteiger partial charge is 0.0207 e. The maximum Gasteiger partial charge on any atom is 0.0207 e. The van der Waals surface area contributed by atoms with Crippen LogP contribution in [-0.4, -0.2) is 12.6 Å². The summed E-state index contributed by atoms with van der Waals surface area (Å²) in [4.78, 5) is 0. The fourth-order valence-electron chi connectivity index (χ4n) is 1.57. The van der Waals surface area contributed by atoms with E-state index in [1.807, 2.05) is 0 Å². The molecule has 0 radical (unpaired) electrons. The number of hydrogen-bond acceptors (Lipinski definition) is 1. The molecule has 1 aromatic rings. The van der Waals surface area contributed by atoms with Crippen LogP contribution in [0.1, 0.15) is 24.8 Å². The van der Waals surface area contributed by atoms with Crippen molar-refractivity contribution in [2.24, 2.45) is 0 Å². The van der Waals surface area contributed by atoms with Gasteiger partial charge < -0.3 is 5.32 Å². The molecule has 1 nitrogen and oxygen atoms in total. The zero-order chi connectivity index (χ0) is 9.80. The minimum Gasteiger partial charge on any atom is -0.314 e. The first-order valence-electron chi connectivity index (χ1n) is 5.33. The lowest BCUT2D eigenvalue weighted by Gasteiger charge is -2.04. The molecule has 1 saturated carbocycles. The highest BCUT2D eigenvalue weighted by atomic mass is 79.9. The Balaban J connectivity index is 1.71. The molecule has 2 heteroatoms. The van der Waals surface area contributed by atoms with Crippen molar-refractivity contribution in [1.82, 2.24) is 5.32 Å². The van der Waals surface area contributed by atoms with E-state index in [4.69, 9.17) is 0 Å². The Hall–Kier alpha value is -0.340. The van der Waals surface area contributed by atoms with E-state index >= 15 is 0 Å². The minimum atomic E-state index is 0.842. The van der Waals surface area contributed by atoms with Crippen LogP contribution in [0.3, 0.4) is 0 Å². The van der Waals surface area contributed by atoms with Gasteiger partial charge in [-0.05, 0) is 43.9 Å². The molecule has 0 amide bonds. The molecule has 2 rings (SSSR count). The van der Waals surface area contributed by atoms with E-state index in [0.29, 0.717) is 0 Å². The van der Waals surface area contributed by atoms with Crippen LogP contribution in [-0.2, 0) is 6.42 Å². The zero-order valence-electron chi connectivity index (χ0n) is 8.30. The van der Waals surface area contributed by atoms with Crippen molar-refractivity contribution in [3.63, 3.8) is 0 Å². The molecule has 1 N–H and O–H groups in total. The number of hydrogen-bond donors (Lipinski definition) is 1. The number of nitrogens with one attached hydrogen (secondary N) is 1. The maximum atomic E-state index is 3.57. The van der Waals surface area contributed by atoms with Crippen molar-refractivity contribution in [2.45, 2.75) is 31.7 Å². The second kappa shape index (κ2) is 4.94. The first kappa shape index (κ1) is 10.2. The van der Waals surface area contributed by atoms with Crippen molar-refractivity contribution in [3.05, 3.63) is 34.3 Å². The second-order valence-corrected chi connectivity index (χ2v) is 4.78. The van der Waals surface area contributed by atoms with Crippen molar-refractivity contribution in [2.75, 3.05) is 6.54 Å². The van der Waals surface area contributed by atoms with Crippen molar-refractivity contribution in [1.29, 1.82) is 0 Å². The lowest BCUT2D eigenvalue weighted by molar-refractivity contribution is 0.645. The highest BCUT2D eigenvalue weighted by Crippen LogP contribution is 2.19. The largest absolute Gasteiger partial charge is 0.314 e. The summed E-state index contributed by atoms with van der Waals surface area (Å²) in [5.41, 5.74) is 1.42. The van der Waals surface area contributed by atoms with Crippen molar-refractivity contribution >= 4 is 15.9 Å². The van der Waals surface area contributed by atoms with Gasteiger partial charge in [0.25, 0.3) is 0 Å². The normalized spacial score (nSPS) is 15.8. The number of aryl methyl sites for hydroxylation is 1. The van der Waals surface area contributed by atoms with Crippen LogP contribution in [0.2, 0.25) is 0 Å². The van der Waals surface area contributed by atoms with Gasteiger partial charge in [-0.25, -0.2) is 0 Å². The highest BCUT2D eigenvalue weighted by Gasteiger charge is 2.19. The summed E-state index contributed by atoms with van der Waals surface area (Å²) in [5.74, 6) is 0. The maximum absolute atomic E-state index is 3.57. The summed E-state index contributed by atoms with van der Waals surface area (Å²) in [7, 11) is 0. The Bertz CT molecular complexity index is 294. The quantitative estimate of drug-likeness (QED) is 0.796. The van der Waals surface area contributed by atoms with Crippen molar-refractivity contribution < 1.29 is 0 Å². The van der Waals surface area contributed by atoms with Gasteiger partial charge in [-0.1, -0.05) is 34.1 Å². The molecule has 0 spiro atoms. The summed E-state index contributed by atoms with van der Waals surface area (Å²) in [5, 5.41) is 3.53. The van der Waals surface area contributed by atoms with Crippen LogP contribution < -0.4 is 5.32 Å². The molecule has 0 bridgehead atoms. The third-order valence-corrected chi connectivity index (χ3v) is 3.36. The molecule has 1 fully saturated rings. The Labute approximate surface area is 94.0 Å². The third-order valence-electron chi connectivity index (χ3n) is 2.59. The van der Waals surface area contributed by atoms with Gasteiger partial charge in [0.15, 0.2) is 0 Å². The lowest BCUT2D eigenvalue weighted by atomic mass is 10.1. The number of rotatable bonds is 5. The van der Waals surface area contributed by atoms with Crippen molar-refractivity contribution in [3.8, 4) is 0 Å². The van der Waals surface area contributed by atoms with Gasteiger partial charge >= 0.3 is 0 Å². The molecule has 0 atom stereocenters. The molecule has 76 valence electrons. The SMILES string of the molecule is Brc1ccccc1CCCNC1CC1. The molecule has 0 saturated heterocycles. The van der Waals surface area contributed by atoms with Crippen LogP contribution in [0, 0.1) is 0 Å². The van der Waals surface area contributed by atoms with Crippen LogP contribution in [0.5, 0.6) is 0 Å². The van der Waals surface area contributed by atoms with Crippen LogP contribution in [0.25, 0.3) is 0 Å².